The van der Waals surface area contributed by atoms with E-state index in [1.54, 1.807) is 77.6 Å². The van der Waals surface area contributed by atoms with Gasteiger partial charge >= 0.3 is 0 Å². The number of halogens is 2. The van der Waals surface area contributed by atoms with Gasteiger partial charge in [-0.3, -0.25) is 14.3 Å². The van der Waals surface area contributed by atoms with Gasteiger partial charge in [0.15, 0.2) is 11.6 Å². The number of carbonyl (C=O) groups excluding carboxylic acids is 2. The summed E-state index contributed by atoms with van der Waals surface area (Å²) in [6.07, 6.45) is 1.71. The highest BCUT2D eigenvalue weighted by Crippen LogP contribution is 2.18. The first-order valence-corrected chi connectivity index (χ1v) is 9.86. The summed E-state index contributed by atoms with van der Waals surface area (Å²) in [5.74, 6) is -0.668. The summed E-state index contributed by atoms with van der Waals surface area (Å²) < 4.78 is 14.7. The Morgan fingerprint density at radius 1 is 0.903 bits per heavy atom. The van der Waals surface area contributed by atoms with E-state index in [9.17, 15) is 14.0 Å². The minimum Gasteiger partial charge on any atom is -0.305 e. The summed E-state index contributed by atoms with van der Waals surface area (Å²) >= 11 is 5.89. The predicted octanol–water partition coefficient (Wildman–Crippen LogP) is 5.21. The highest BCUT2D eigenvalue weighted by atomic mass is 35.5. The Labute approximate surface area is 183 Å². The molecule has 4 aromatic rings. The SMILES string of the molecule is O=C(Nc1ccn(Cc2ccc(F)cc2)n1)c1ccccc1C(=O)c1ccc(Cl)cc1. The van der Waals surface area contributed by atoms with Crippen LogP contribution in [0, 0.1) is 5.82 Å². The van der Waals surface area contributed by atoms with E-state index in [0.29, 0.717) is 22.9 Å². The Morgan fingerprint density at radius 2 is 1.58 bits per heavy atom. The molecule has 0 aliphatic rings. The monoisotopic (exact) mass is 433 g/mol. The van der Waals surface area contributed by atoms with Gasteiger partial charge < -0.3 is 5.32 Å². The van der Waals surface area contributed by atoms with E-state index in [1.807, 2.05) is 0 Å². The molecule has 0 saturated carbocycles. The number of nitrogens with one attached hydrogen (secondary N) is 1. The van der Waals surface area contributed by atoms with Gasteiger partial charge in [0.2, 0.25) is 0 Å². The Morgan fingerprint density at radius 3 is 2.29 bits per heavy atom. The summed E-state index contributed by atoms with van der Waals surface area (Å²) in [5.41, 5.74) is 1.85. The lowest BCUT2D eigenvalue weighted by Crippen LogP contribution is -2.17. The van der Waals surface area contributed by atoms with Gasteiger partial charge in [-0.1, -0.05) is 41.9 Å². The lowest BCUT2D eigenvalue weighted by Gasteiger charge is -2.09. The molecule has 5 nitrogen and oxygen atoms in total. The number of nitrogens with zero attached hydrogens (tertiary/aromatic N) is 2. The Kier molecular flexibility index (Phi) is 5.91. The molecule has 0 unspecified atom stereocenters. The van der Waals surface area contributed by atoms with E-state index < -0.39 is 5.91 Å². The summed E-state index contributed by atoms with van der Waals surface area (Å²) in [5, 5.41) is 7.58. The number of benzene rings is 3. The number of rotatable bonds is 6. The van der Waals surface area contributed by atoms with Gasteiger partial charge in [0.25, 0.3) is 5.91 Å². The third-order valence-electron chi connectivity index (χ3n) is 4.66. The quantitative estimate of drug-likeness (QED) is 0.425. The topological polar surface area (TPSA) is 64.0 Å². The molecule has 7 heteroatoms. The number of aromatic nitrogens is 2. The molecule has 3 aromatic carbocycles. The van der Waals surface area contributed by atoms with Crippen molar-refractivity contribution < 1.29 is 14.0 Å². The molecule has 0 spiro atoms. The van der Waals surface area contributed by atoms with Gasteiger partial charge in [-0.25, -0.2) is 4.39 Å². The minimum absolute atomic E-state index is 0.246. The molecule has 0 radical (unpaired) electrons. The highest BCUT2D eigenvalue weighted by molar-refractivity contribution is 6.30. The summed E-state index contributed by atoms with van der Waals surface area (Å²) in [6, 6.07) is 20.9. The van der Waals surface area contributed by atoms with Crippen molar-refractivity contribution in [3.63, 3.8) is 0 Å². The zero-order valence-corrected chi connectivity index (χ0v) is 17.0. The second-order valence-corrected chi connectivity index (χ2v) is 7.30. The minimum atomic E-state index is -0.440. The maximum atomic E-state index is 13.0. The number of hydrogen-bond acceptors (Lipinski definition) is 3. The Bertz CT molecular complexity index is 1230. The molecule has 0 bridgehead atoms. The maximum absolute atomic E-state index is 13.0. The summed E-state index contributed by atoms with van der Waals surface area (Å²) in [7, 11) is 0. The zero-order valence-electron chi connectivity index (χ0n) is 16.3. The van der Waals surface area contributed by atoms with Crippen molar-refractivity contribution in [1.82, 2.24) is 9.78 Å². The summed E-state index contributed by atoms with van der Waals surface area (Å²) in [6.45, 7) is 0.432. The molecule has 0 aliphatic carbocycles. The van der Waals surface area contributed by atoms with E-state index in [-0.39, 0.29) is 22.7 Å². The molecule has 1 heterocycles. The standard InChI is InChI=1S/C24H17ClFN3O2/c25-18-9-7-17(8-10-18)23(30)20-3-1-2-4-21(20)24(31)27-22-13-14-29(28-22)15-16-5-11-19(26)12-6-16/h1-14H,15H2,(H,27,28,31). The van der Waals surface area contributed by atoms with E-state index in [2.05, 4.69) is 10.4 Å². The lowest BCUT2D eigenvalue weighted by atomic mass is 9.98. The summed E-state index contributed by atoms with van der Waals surface area (Å²) in [4.78, 5) is 25.8. The number of carbonyl (C=O) groups is 2. The van der Waals surface area contributed by atoms with Gasteiger partial charge in [-0.15, -0.1) is 0 Å². The van der Waals surface area contributed by atoms with E-state index in [1.165, 1.54) is 12.1 Å². The van der Waals surface area contributed by atoms with Crippen molar-refractivity contribution >= 4 is 29.1 Å². The molecule has 1 amide bonds. The second kappa shape index (κ2) is 8.93. The van der Waals surface area contributed by atoms with Gasteiger partial charge in [0.05, 0.1) is 12.1 Å². The van der Waals surface area contributed by atoms with Gasteiger partial charge in [-0.05, 0) is 48.0 Å². The van der Waals surface area contributed by atoms with Crippen molar-refractivity contribution in [2.45, 2.75) is 6.54 Å². The average Bonchev–Trinajstić information content (AvgIpc) is 3.22. The van der Waals surface area contributed by atoms with E-state index in [0.717, 1.165) is 5.56 Å². The van der Waals surface area contributed by atoms with Crippen LogP contribution in [-0.2, 0) is 6.54 Å². The number of hydrogen-bond donors (Lipinski definition) is 1. The normalized spacial score (nSPS) is 10.6. The van der Waals surface area contributed by atoms with Crippen LogP contribution in [0.4, 0.5) is 10.2 Å². The molecular weight excluding hydrogens is 417 g/mol. The molecule has 31 heavy (non-hydrogen) atoms. The molecule has 1 aromatic heterocycles. The fraction of sp³-hybridized carbons (Fsp3) is 0.0417. The first-order valence-electron chi connectivity index (χ1n) is 9.48. The average molecular weight is 434 g/mol. The molecular formula is C24H17ClFN3O2. The van der Waals surface area contributed by atoms with Gasteiger partial charge in [0, 0.05) is 28.4 Å². The fourth-order valence-electron chi connectivity index (χ4n) is 3.11. The first-order chi connectivity index (χ1) is 15.0. The first kappa shape index (κ1) is 20.5. The van der Waals surface area contributed by atoms with Crippen molar-refractivity contribution in [3.8, 4) is 0 Å². The van der Waals surface area contributed by atoms with E-state index >= 15 is 0 Å². The van der Waals surface area contributed by atoms with Crippen LogP contribution in [0.2, 0.25) is 5.02 Å². The molecule has 4 rings (SSSR count). The number of ketones is 1. The molecule has 0 fully saturated rings. The van der Waals surface area contributed by atoms with Crippen LogP contribution in [0.1, 0.15) is 31.8 Å². The highest BCUT2D eigenvalue weighted by Gasteiger charge is 2.18. The lowest BCUT2D eigenvalue weighted by molar-refractivity contribution is 0.0996. The number of anilines is 1. The molecule has 0 aliphatic heterocycles. The molecule has 154 valence electrons. The largest absolute Gasteiger partial charge is 0.305 e. The van der Waals surface area contributed by atoms with Crippen molar-refractivity contribution in [2.24, 2.45) is 0 Å². The van der Waals surface area contributed by atoms with Crippen LogP contribution in [-0.4, -0.2) is 21.5 Å². The predicted molar refractivity (Wildman–Crippen MR) is 117 cm³/mol. The van der Waals surface area contributed by atoms with Crippen LogP contribution in [0.15, 0.2) is 85.1 Å². The van der Waals surface area contributed by atoms with E-state index in [4.69, 9.17) is 11.6 Å². The molecule has 0 atom stereocenters. The van der Waals surface area contributed by atoms with Crippen LogP contribution in [0.3, 0.4) is 0 Å². The third-order valence-corrected chi connectivity index (χ3v) is 4.91. The van der Waals surface area contributed by atoms with Crippen LogP contribution >= 0.6 is 11.6 Å². The van der Waals surface area contributed by atoms with Crippen molar-refractivity contribution in [2.75, 3.05) is 5.32 Å². The van der Waals surface area contributed by atoms with Crippen LogP contribution in [0.25, 0.3) is 0 Å². The van der Waals surface area contributed by atoms with Crippen molar-refractivity contribution in [3.05, 3.63) is 118 Å². The smallest absolute Gasteiger partial charge is 0.257 e. The maximum Gasteiger partial charge on any atom is 0.257 e. The fourth-order valence-corrected chi connectivity index (χ4v) is 3.24. The third kappa shape index (κ3) is 4.87. The van der Waals surface area contributed by atoms with Crippen molar-refractivity contribution in [1.29, 1.82) is 0 Å². The Hall–Kier alpha value is -3.77. The zero-order chi connectivity index (χ0) is 21.8. The molecule has 1 N–H and O–H groups in total. The van der Waals surface area contributed by atoms with Gasteiger partial charge in [0.1, 0.15) is 5.82 Å². The second-order valence-electron chi connectivity index (χ2n) is 6.86. The molecule has 0 saturated heterocycles. The van der Waals surface area contributed by atoms with Gasteiger partial charge in [-0.2, -0.15) is 5.10 Å². The van der Waals surface area contributed by atoms with Crippen LogP contribution in [0.5, 0.6) is 0 Å². The Balaban J connectivity index is 1.50. The van der Waals surface area contributed by atoms with Crippen LogP contribution < -0.4 is 5.32 Å². The number of amides is 1.